The minimum absolute atomic E-state index is 0.777. The normalized spacial score (nSPS) is 10.8. The van der Waals surface area contributed by atoms with Crippen molar-refractivity contribution in [2.45, 2.75) is 104 Å². The molecule has 2 aromatic carbocycles. The zero-order valence-corrected chi connectivity index (χ0v) is 21.5. The Balaban J connectivity index is 1.64. The van der Waals surface area contributed by atoms with Gasteiger partial charge in [0.2, 0.25) is 0 Å². The molecule has 0 unspecified atom stereocenters. The average Bonchev–Trinajstić information content (AvgIpc) is 2.83. The molecule has 0 spiro atoms. The standard InChI is InChI=1S/C32H46O/c1-4-5-6-7-8-9-10-11-12-16-29-17-19-30(20-18-29)21-22-31-23-25-32(26-24-31)33-27-14-13-15-28(2)3/h17-20,23-26,28H,4-16,27H2,1-3H3. The maximum Gasteiger partial charge on any atom is 0.119 e. The van der Waals surface area contributed by atoms with Gasteiger partial charge in [0, 0.05) is 11.1 Å². The monoisotopic (exact) mass is 446 g/mol. The van der Waals surface area contributed by atoms with Gasteiger partial charge in [-0.25, -0.2) is 0 Å². The van der Waals surface area contributed by atoms with Gasteiger partial charge in [0.15, 0.2) is 0 Å². The molecular formula is C32H46O. The van der Waals surface area contributed by atoms with E-state index in [9.17, 15) is 0 Å². The largest absolute Gasteiger partial charge is 0.494 e. The van der Waals surface area contributed by atoms with Gasteiger partial charge >= 0.3 is 0 Å². The van der Waals surface area contributed by atoms with E-state index in [-0.39, 0.29) is 0 Å². The second-order valence-corrected chi connectivity index (χ2v) is 9.79. The fourth-order valence-corrected chi connectivity index (χ4v) is 4.02. The van der Waals surface area contributed by atoms with Crippen LogP contribution in [-0.4, -0.2) is 6.61 Å². The van der Waals surface area contributed by atoms with Crippen molar-refractivity contribution >= 4 is 0 Å². The topological polar surface area (TPSA) is 9.23 Å². The van der Waals surface area contributed by atoms with Crippen molar-refractivity contribution in [1.29, 1.82) is 0 Å². The minimum atomic E-state index is 0.777. The summed E-state index contributed by atoms with van der Waals surface area (Å²) in [5, 5.41) is 0. The Morgan fingerprint density at radius 2 is 1.18 bits per heavy atom. The van der Waals surface area contributed by atoms with Crippen molar-refractivity contribution in [3.8, 4) is 17.6 Å². The zero-order chi connectivity index (χ0) is 23.6. The summed E-state index contributed by atoms with van der Waals surface area (Å²) in [5.74, 6) is 8.28. The number of unbranched alkanes of at least 4 members (excludes halogenated alkanes) is 9. The summed E-state index contributed by atoms with van der Waals surface area (Å²) in [6, 6.07) is 17.0. The van der Waals surface area contributed by atoms with E-state index in [0.29, 0.717) is 0 Å². The van der Waals surface area contributed by atoms with Gasteiger partial charge in [0.25, 0.3) is 0 Å². The smallest absolute Gasteiger partial charge is 0.119 e. The van der Waals surface area contributed by atoms with Crippen LogP contribution in [-0.2, 0) is 6.42 Å². The lowest BCUT2D eigenvalue weighted by atomic mass is 10.0. The maximum atomic E-state index is 5.84. The van der Waals surface area contributed by atoms with Crippen LogP contribution in [0.1, 0.15) is 115 Å². The van der Waals surface area contributed by atoms with Gasteiger partial charge < -0.3 is 4.74 Å². The van der Waals surface area contributed by atoms with E-state index in [0.717, 1.165) is 35.8 Å². The number of aryl methyl sites for hydroxylation is 1. The number of ether oxygens (including phenoxy) is 1. The van der Waals surface area contributed by atoms with E-state index >= 15 is 0 Å². The van der Waals surface area contributed by atoms with Crippen LogP contribution < -0.4 is 4.74 Å². The molecule has 0 fully saturated rings. The van der Waals surface area contributed by atoms with Crippen LogP contribution in [0.15, 0.2) is 48.5 Å². The molecule has 1 heteroatoms. The van der Waals surface area contributed by atoms with Crippen molar-refractivity contribution in [2.24, 2.45) is 5.92 Å². The average molecular weight is 447 g/mol. The highest BCUT2D eigenvalue weighted by Crippen LogP contribution is 2.15. The van der Waals surface area contributed by atoms with Crippen LogP contribution in [0.4, 0.5) is 0 Å². The molecule has 0 atom stereocenters. The van der Waals surface area contributed by atoms with Crippen LogP contribution in [0.3, 0.4) is 0 Å². The number of hydrogen-bond acceptors (Lipinski definition) is 1. The first-order valence-corrected chi connectivity index (χ1v) is 13.5. The Morgan fingerprint density at radius 3 is 1.76 bits per heavy atom. The predicted molar refractivity (Wildman–Crippen MR) is 144 cm³/mol. The highest BCUT2D eigenvalue weighted by Gasteiger charge is 1.98. The van der Waals surface area contributed by atoms with E-state index in [4.69, 9.17) is 4.74 Å². The molecule has 0 radical (unpaired) electrons. The summed E-state index contributed by atoms with van der Waals surface area (Å²) in [6.45, 7) is 7.62. The first-order valence-electron chi connectivity index (χ1n) is 13.5. The fourth-order valence-electron chi connectivity index (χ4n) is 4.02. The second kappa shape index (κ2) is 17.3. The Hall–Kier alpha value is -2.20. The van der Waals surface area contributed by atoms with Crippen molar-refractivity contribution in [3.05, 3.63) is 65.2 Å². The van der Waals surface area contributed by atoms with E-state index < -0.39 is 0 Å². The van der Waals surface area contributed by atoms with Gasteiger partial charge in [-0.2, -0.15) is 0 Å². The van der Waals surface area contributed by atoms with E-state index in [1.54, 1.807) is 0 Å². The van der Waals surface area contributed by atoms with Gasteiger partial charge in [0.05, 0.1) is 6.61 Å². The number of hydrogen-bond donors (Lipinski definition) is 0. The summed E-state index contributed by atoms with van der Waals surface area (Å²) in [7, 11) is 0. The molecule has 1 nitrogen and oxygen atoms in total. The minimum Gasteiger partial charge on any atom is -0.494 e. The lowest BCUT2D eigenvalue weighted by Crippen LogP contribution is -1.98. The molecule has 0 N–H and O–H groups in total. The van der Waals surface area contributed by atoms with Crippen molar-refractivity contribution in [1.82, 2.24) is 0 Å². The highest BCUT2D eigenvalue weighted by molar-refractivity contribution is 5.44. The van der Waals surface area contributed by atoms with Crippen LogP contribution >= 0.6 is 0 Å². The summed E-state index contributed by atoms with van der Waals surface area (Å²) in [5.41, 5.74) is 3.54. The molecule has 0 heterocycles. The van der Waals surface area contributed by atoms with Gasteiger partial charge in [-0.3, -0.25) is 0 Å². The number of rotatable bonds is 16. The van der Waals surface area contributed by atoms with Crippen LogP contribution in [0.2, 0.25) is 0 Å². The second-order valence-electron chi connectivity index (χ2n) is 9.79. The summed E-state index contributed by atoms with van der Waals surface area (Å²) < 4.78 is 5.84. The summed E-state index contributed by atoms with van der Waals surface area (Å²) in [6.07, 6.45) is 17.3. The SMILES string of the molecule is CCCCCCCCCCCc1ccc(C#Cc2ccc(OCCCCC(C)C)cc2)cc1. The van der Waals surface area contributed by atoms with E-state index in [2.05, 4.69) is 69.0 Å². The van der Waals surface area contributed by atoms with E-state index in [1.165, 1.54) is 82.6 Å². The number of benzene rings is 2. The predicted octanol–water partition coefficient (Wildman–Crippen LogP) is 9.36. The molecule has 180 valence electrons. The van der Waals surface area contributed by atoms with Crippen molar-refractivity contribution in [2.75, 3.05) is 6.61 Å². The third-order valence-electron chi connectivity index (χ3n) is 6.17. The fraction of sp³-hybridized carbons (Fsp3) is 0.562. The Kier molecular flexibility index (Phi) is 14.2. The molecule has 0 saturated carbocycles. The summed E-state index contributed by atoms with van der Waals surface area (Å²) >= 11 is 0. The van der Waals surface area contributed by atoms with Gasteiger partial charge in [-0.15, -0.1) is 0 Å². The molecule has 0 aromatic heterocycles. The Labute approximate surface area is 204 Å². The first kappa shape index (κ1) is 27.0. The molecule has 0 aliphatic rings. The molecule has 0 aliphatic carbocycles. The lowest BCUT2D eigenvalue weighted by molar-refractivity contribution is 0.301. The van der Waals surface area contributed by atoms with Crippen molar-refractivity contribution < 1.29 is 4.74 Å². The van der Waals surface area contributed by atoms with Crippen LogP contribution in [0.25, 0.3) is 0 Å². The summed E-state index contributed by atoms with van der Waals surface area (Å²) in [4.78, 5) is 0. The molecule has 0 amide bonds. The van der Waals surface area contributed by atoms with Crippen LogP contribution in [0, 0.1) is 17.8 Å². The highest BCUT2D eigenvalue weighted by atomic mass is 16.5. The lowest BCUT2D eigenvalue weighted by Gasteiger charge is -2.07. The quantitative estimate of drug-likeness (QED) is 0.184. The molecule has 2 rings (SSSR count). The van der Waals surface area contributed by atoms with Gasteiger partial charge in [-0.1, -0.05) is 103 Å². The van der Waals surface area contributed by atoms with Crippen molar-refractivity contribution in [3.63, 3.8) is 0 Å². The molecule has 2 aromatic rings. The maximum absolute atomic E-state index is 5.84. The van der Waals surface area contributed by atoms with Gasteiger partial charge in [-0.05, 0) is 73.6 Å². The Bertz CT molecular complexity index is 789. The first-order chi connectivity index (χ1) is 16.2. The van der Waals surface area contributed by atoms with E-state index in [1.807, 2.05) is 12.1 Å². The molecule has 33 heavy (non-hydrogen) atoms. The molecule has 0 saturated heterocycles. The molecular weight excluding hydrogens is 400 g/mol. The molecule has 0 bridgehead atoms. The Morgan fingerprint density at radius 1 is 0.636 bits per heavy atom. The zero-order valence-electron chi connectivity index (χ0n) is 21.5. The third kappa shape index (κ3) is 13.2. The molecule has 0 aliphatic heterocycles. The third-order valence-corrected chi connectivity index (χ3v) is 6.17. The van der Waals surface area contributed by atoms with Gasteiger partial charge in [0.1, 0.15) is 5.75 Å². The van der Waals surface area contributed by atoms with Crippen LogP contribution in [0.5, 0.6) is 5.75 Å².